The lowest BCUT2D eigenvalue weighted by molar-refractivity contribution is 0.0999. The molecule has 0 bridgehead atoms. The summed E-state index contributed by atoms with van der Waals surface area (Å²) in [6, 6.07) is 2.35. The van der Waals surface area contributed by atoms with E-state index in [1.165, 1.54) is 0 Å². The number of fused-ring (bicyclic) bond motifs is 1. The van der Waals surface area contributed by atoms with E-state index in [0.29, 0.717) is 16.2 Å². The Labute approximate surface area is 108 Å². The molecule has 17 heavy (non-hydrogen) atoms. The fourth-order valence-electron chi connectivity index (χ4n) is 2.58. The van der Waals surface area contributed by atoms with Gasteiger partial charge in [0.25, 0.3) is 5.91 Å². The van der Waals surface area contributed by atoms with Gasteiger partial charge < -0.3 is 16.0 Å². The number of primary amides is 1. The van der Waals surface area contributed by atoms with Gasteiger partial charge in [-0.05, 0) is 22.0 Å². The number of aromatic nitrogens is 1. The summed E-state index contributed by atoms with van der Waals surface area (Å²) in [5, 5.41) is 3.37. The van der Waals surface area contributed by atoms with Crippen molar-refractivity contribution >= 4 is 27.5 Å². The summed E-state index contributed by atoms with van der Waals surface area (Å²) < 4.78 is 0.510. The number of hydrogen-bond acceptors (Lipinski definition) is 4. The van der Waals surface area contributed by atoms with E-state index in [1.54, 1.807) is 6.20 Å². The SMILES string of the molecule is NC(=O)c1cc(N2C[C@H]3CNC[C@H]32)cnc1Br. The molecule has 0 aromatic carbocycles. The Morgan fingerprint density at radius 1 is 1.59 bits per heavy atom. The fraction of sp³-hybridized carbons (Fsp3) is 0.455. The molecule has 3 rings (SSSR count). The summed E-state index contributed by atoms with van der Waals surface area (Å²) in [4.78, 5) is 17.7. The number of amides is 1. The lowest BCUT2D eigenvalue weighted by Gasteiger charge is -2.45. The van der Waals surface area contributed by atoms with E-state index in [9.17, 15) is 4.79 Å². The topological polar surface area (TPSA) is 71.2 Å². The van der Waals surface area contributed by atoms with Gasteiger partial charge in [0.2, 0.25) is 0 Å². The minimum absolute atomic E-state index is 0.442. The van der Waals surface area contributed by atoms with Crippen molar-refractivity contribution in [1.29, 1.82) is 0 Å². The highest BCUT2D eigenvalue weighted by Gasteiger charge is 2.42. The molecular weight excluding hydrogens is 284 g/mol. The Bertz CT molecular complexity index is 479. The van der Waals surface area contributed by atoms with Crippen molar-refractivity contribution in [2.24, 2.45) is 11.7 Å². The van der Waals surface area contributed by atoms with Gasteiger partial charge in [0, 0.05) is 31.6 Å². The predicted molar refractivity (Wildman–Crippen MR) is 67.9 cm³/mol. The van der Waals surface area contributed by atoms with Crippen LogP contribution in [0.1, 0.15) is 10.4 Å². The standard InChI is InChI=1S/C11H13BrN4O/c12-10-8(11(13)17)1-7(3-15-10)16-5-6-2-14-4-9(6)16/h1,3,6,9,14H,2,4-5H2,(H2,13,17)/t6-,9-/m1/s1. The van der Waals surface area contributed by atoms with E-state index in [0.717, 1.165) is 31.2 Å². The minimum atomic E-state index is -0.451. The van der Waals surface area contributed by atoms with Crippen LogP contribution in [-0.4, -0.2) is 36.6 Å². The summed E-state index contributed by atoms with van der Waals surface area (Å²) in [5.41, 5.74) is 6.73. The Kier molecular flexibility index (Phi) is 2.56. The zero-order chi connectivity index (χ0) is 12.0. The molecule has 5 nitrogen and oxygen atoms in total. The number of nitrogens with zero attached hydrogens (tertiary/aromatic N) is 2. The second kappa shape index (κ2) is 3.96. The predicted octanol–water partition coefficient (Wildman–Crippen LogP) is 0.351. The quantitative estimate of drug-likeness (QED) is 0.773. The van der Waals surface area contributed by atoms with Gasteiger partial charge in [0.15, 0.2) is 0 Å². The van der Waals surface area contributed by atoms with Gasteiger partial charge in [-0.15, -0.1) is 0 Å². The zero-order valence-electron chi connectivity index (χ0n) is 9.19. The third kappa shape index (κ3) is 1.71. The number of anilines is 1. The highest BCUT2D eigenvalue weighted by atomic mass is 79.9. The maximum Gasteiger partial charge on any atom is 0.251 e. The fourth-order valence-corrected chi connectivity index (χ4v) is 3.00. The second-order valence-corrected chi connectivity index (χ2v) is 5.29. The van der Waals surface area contributed by atoms with Crippen LogP contribution in [0.5, 0.6) is 0 Å². The van der Waals surface area contributed by atoms with E-state index in [-0.39, 0.29) is 0 Å². The van der Waals surface area contributed by atoms with E-state index >= 15 is 0 Å². The Morgan fingerprint density at radius 3 is 3.12 bits per heavy atom. The Morgan fingerprint density at radius 2 is 2.41 bits per heavy atom. The average molecular weight is 297 g/mol. The van der Waals surface area contributed by atoms with Crippen molar-refractivity contribution in [3.05, 3.63) is 22.4 Å². The number of nitrogens with one attached hydrogen (secondary N) is 1. The van der Waals surface area contributed by atoms with Crippen LogP contribution >= 0.6 is 15.9 Å². The third-order valence-electron chi connectivity index (χ3n) is 3.56. The summed E-state index contributed by atoms with van der Waals surface area (Å²) in [7, 11) is 0. The van der Waals surface area contributed by atoms with E-state index in [2.05, 4.69) is 31.1 Å². The zero-order valence-corrected chi connectivity index (χ0v) is 10.8. The number of carbonyl (C=O) groups excluding carboxylic acids is 1. The van der Waals surface area contributed by atoms with Gasteiger partial charge in [0.05, 0.1) is 17.4 Å². The normalized spacial score (nSPS) is 26.5. The number of halogens is 1. The van der Waals surface area contributed by atoms with Gasteiger partial charge >= 0.3 is 0 Å². The largest absolute Gasteiger partial charge is 0.366 e. The first-order valence-electron chi connectivity index (χ1n) is 5.59. The molecule has 6 heteroatoms. The molecule has 2 fully saturated rings. The molecule has 2 aliphatic heterocycles. The van der Waals surface area contributed by atoms with Crippen LogP contribution < -0.4 is 16.0 Å². The molecule has 0 unspecified atom stereocenters. The van der Waals surface area contributed by atoms with Crippen LogP contribution in [0.3, 0.4) is 0 Å². The van der Waals surface area contributed by atoms with Gasteiger partial charge in [-0.25, -0.2) is 4.98 Å². The first-order valence-corrected chi connectivity index (χ1v) is 6.39. The molecule has 0 aliphatic carbocycles. The Hall–Kier alpha value is -1.14. The molecule has 3 N–H and O–H groups in total. The van der Waals surface area contributed by atoms with Crippen molar-refractivity contribution in [2.75, 3.05) is 24.5 Å². The van der Waals surface area contributed by atoms with Crippen LogP contribution in [-0.2, 0) is 0 Å². The lowest BCUT2D eigenvalue weighted by Crippen LogP contribution is -2.55. The molecule has 3 heterocycles. The molecule has 1 amide bonds. The first kappa shape index (κ1) is 11.0. The van der Waals surface area contributed by atoms with E-state index < -0.39 is 5.91 Å². The van der Waals surface area contributed by atoms with Crippen LogP contribution in [0.25, 0.3) is 0 Å². The van der Waals surface area contributed by atoms with E-state index in [1.807, 2.05) is 6.07 Å². The van der Waals surface area contributed by atoms with Crippen LogP contribution in [0.4, 0.5) is 5.69 Å². The summed E-state index contributed by atoms with van der Waals surface area (Å²) in [5.74, 6) is 0.281. The number of nitrogens with two attached hydrogens (primary N) is 1. The highest BCUT2D eigenvalue weighted by Crippen LogP contribution is 2.34. The minimum Gasteiger partial charge on any atom is -0.366 e. The molecule has 2 saturated heterocycles. The Balaban J connectivity index is 1.89. The molecule has 2 atom stereocenters. The number of rotatable bonds is 2. The number of pyridine rings is 1. The molecule has 1 aromatic heterocycles. The monoisotopic (exact) mass is 296 g/mol. The van der Waals surface area contributed by atoms with Crippen molar-refractivity contribution in [3.63, 3.8) is 0 Å². The van der Waals surface area contributed by atoms with Crippen molar-refractivity contribution in [1.82, 2.24) is 10.3 Å². The summed E-state index contributed by atoms with van der Waals surface area (Å²) >= 11 is 3.23. The van der Waals surface area contributed by atoms with Gasteiger partial charge in [0.1, 0.15) is 4.60 Å². The van der Waals surface area contributed by atoms with Crippen LogP contribution in [0, 0.1) is 5.92 Å². The average Bonchev–Trinajstić information content (AvgIpc) is 2.62. The maximum atomic E-state index is 11.3. The summed E-state index contributed by atoms with van der Waals surface area (Å²) in [6.45, 7) is 3.12. The highest BCUT2D eigenvalue weighted by molar-refractivity contribution is 9.10. The van der Waals surface area contributed by atoms with Crippen molar-refractivity contribution < 1.29 is 4.79 Å². The van der Waals surface area contributed by atoms with Crippen molar-refractivity contribution in [3.8, 4) is 0 Å². The first-order chi connectivity index (χ1) is 8.16. The van der Waals surface area contributed by atoms with Gasteiger partial charge in [-0.2, -0.15) is 0 Å². The van der Waals surface area contributed by atoms with Crippen LogP contribution in [0.15, 0.2) is 16.9 Å². The molecule has 0 saturated carbocycles. The second-order valence-electron chi connectivity index (χ2n) is 4.53. The maximum absolute atomic E-state index is 11.3. The lowest BCUT2D eigenvalue weighted by atomic mass is 9.91. The molecule has 1 aromatic rings. The number of hydrogen-bond donors (Lipinski definition) is 2. The molecule has 0 radical (unpaired) electrons. The van der Waals surface area contributed by atoms with Gasteiger partial charge in [-0.1, -0.05) is 0 Å². The molecule has 0 spiro atoms. The van der Waals surface area contributed by atoms with Crippen LogP contribution in [0.2, 0.25) is 0 Å². The summed E-state index contributed by atoms with van der Waals surface area (Å²) in [6.07, 6.45) is 1.78. The van der Waals surface area contributed by atoms with Gasteiger partial charge in [-0.3, -0.25) is 4.79 Å². The number of carbonyl (C=O) groups is 1. The van der Waals surface area contributed by atoms with E-state index in [4.69, 9.17) is 5.73 Å². The molecular formula is C11H13BrN4O. The third-order valence-corrected chi connectivity index (χ3v) is 4.19. The molecule has 90 valence electrons. The smallest absolute Gasteiger partial charge is 0.251 e. The molecule has 2 aliphatic rings. The van der Waals surface area contributed by atoms with Crippen molar-refractivity contribution in [2.45, 2.75) is 6.04 Å².